The van der Waals surface area contributed by atoms with Gasteiger partial charge in [-0.1, -0.05) is 13.3 Å². The molecule has 0 unspecified atom stereocenters. The van der Waals surface area contributed by atoms with Gasteiger partial charge in [-0.3, -0.25) is 0 Å². The van der Waals surface area contributed by atoms with Gasteiger partial charge in [-0.25, -0.2) is 0 Å². The van der Waals surface area contributed by atoms with E-state index in [1.54, 1.807) is 0 Å². The lowest BCUT2D eigenvalue weighted by molar-refractivity contribution is 0.141. The predicted octanol–water partition coefficient (Wildman–Crippen LogP) is 1.93. The zero-order valence-corrected chi connectivity index (χ0v) is 12.6. The lowest BCUT2D eigenvalue weighted by Crippen LogP contribution is -2.14. The van der Waals surface area contributed by atoms with E-state index >= 15 is 0 Å². The van der Waals surface area contributed by atoms with Crippen LogP contribution in [0.5, 0.6) is 6.01 Å². The van der Waals surface area contributed by atoms with Gasteiger partial charge in [0, 0.05) is 19.7 Å². The molecule has 0 saturated carbocycles. The van der Waals surface area contributed by atoms with Crippen LogP contribution in [0.1, 0.15) is 33.6 Å². The molecule has 2 N–H and O–H groups in total. The number of nitrogens with one attached hydrogen (secondary N) is 2. The normalized spacial score (nSPS) is 10.3. The molecule has 0 aliphatic heterocycles. The largest absolute Gasteiger partial charge is 0.464 e. The minimum atomic E-state index is 0.327. The second kappa shape index (κ2) is 10.2. The summed E-state index contributed by atoms with van der Waals surface area (Å²) in [5.74, 6) is 1.01. The fourth-order valence-corrected chi connectivity index (χ4v) is 1.45. The summed E-state index contributed by atoms with van der Waals surface area (Å²) in [7, 11) is 0. The number of unbranched alkanes of at least 4 members (excludes halogenated alkanes) is 1. The van der Waals surface area contributed by atoms with Gasteiger partial charge in [0.25, 0.3) is 0 Å². The van der Waals surface area contributed by atoms with E-state index in [2.05, 4.69) is 32.5 Å². The van der Waals surface area contributed by atoms with Gasteiger partial charge >= 0.3 is 6.01 Å². The van der Waals surface area contributed by atoms with Crippen LogP contribution >= 0.6 is 0 Å². The Morgan fingerprint density at radius 3 is 2.35 bits per heavy atom. The lowest BCUT2D eigenvalue weighted by Gasteiger charge is -2.09. The number of anilines is 2. The van der Waals surface area contributed by atoms with Crippen molar-refractivity contribution in [3.05, 3.63) is 0 Å². The summed E-state index contributed by atoms with van der Waals surface area (Å²) in [5, 5.41) is 6.16. The van der Waals surface area contributed by atoms with Crippen molar-refractivity contribution in [2.45, 2.75) is 33.6 Å². The summed E-state index contributed by atoms with van der Waals surface area (Å²) in [6.07, 6.45) is 2.23. The Balaban J connectivity index is 2.46. The molecule has 0 atom stereocenters. The second-order valence-electron chi connectivity index (χ2n) is 4.12. The van der Waals surface area contributed by atoms with Gasteiger partial charge in [-0.05, 0) is 20.3 Å². The van der Waals surface area contributed by atoms with E-state index in [1.807, 2.05) is 13.8 Å². The zero-order valence-electron chi connectivity index (χ0n) is 12.6. The van der Waals surface area contributed by atoms with Crippen LogP contribution in [-0.2, 0) is 4.74 Å². The van der Waals surface area contributed by atoms with Gasteiger partial charge < -0.3 is 20.1 Å². The van der Waals surface area contributed by atoms with Crippen LogP contribution in [0, 0.1) is 0 Å². The highest BCUT2D eigenvalue weighted by molar-refractivity contribution is 5.35. The zero-order chi connectivity index (χ0) is 14.6. The molecule has 0 radical (unpaired) electrons. The molecule has 1 heterocycles. The molecule has 1 rings (SSSR count). The quantitative estimate of drug-likeness (QED) is 0.600. The number of aromatic nitrogens is 3. The minimum absolute atomic E-state index is 0.327. The maximum Gasteiger partial charge on any atom is 0.323 e. The number of hydrogen-bond donors (Lipinski definition) is 2. The number of ether oxygens (including phenoxy) is 2. The first-order chi connectivity index (χ1) is 9.80. The molecular formula is C13H25N5O2. The first-order valence-corrected chi connectivity index (χ1v) is 7.24. The van der Waals surface area contributed by atoms with Crippen molar-refractivity contribution < 1.29 is 9.47 Å². The Bertz CT molecular complexity index is 352. The summed E-state index contributed by atoms with van der Waals surface area (Å²) in [5.41, 5.74) is 0. The molecule has 0 spiro atoms. The minimum Gasteiger partial charge on any atom is -0.464 e. The molecule has 0 aromatic carbocycles. The van der Waals surface area contributed by atoms with Crippen LogP contribution in [0.4, 0.5) is 11.9 Å². The van der Waals surface area contributed by atoms with Crippen LogP contribution in [0.25, 0.3) is 0 Å². The van der Waals surface area contributed by atoms with E-state index in [-0.39, 0.29) is 0 Å². The third-order valence-corrected chi connectivity index (χ3v) is 2.39. The van der Waals surface area contributed by atoms with E-state index in [0.717, 1.165) is 26.0 Å². The molecule has 0 bridgehead atoms. The molecule has 7 nitrogen and oxygen atoms in total. The Kier molecular flexibility index (Phi) is 8.37. The van der Waals surface area contributed by atoms with Gasteiger partial charge in [-0.2, -0.15) is 15.0 Å². The van der Waals surface area contributed by atoms with Crippen molar-refractivity contribution in [3.8, 4) is 6.01 Å². The summed E-state index contributed by atoms with van der Waals surface area (Å²) < 4.78 is 10.8. The maximum atomic E-state index is 5.47. The highest BCUT2D eigenvalue weighted by Crippen LogP contribution is 2.10. The average Bonchev–Trinajstić information content (AvgIpc) is 2.43. The highest BCUT2D eigenvalue weighted by Gasteiger charge is 2.06. The summed E-state index contributed by atoms with van der Waals surface area (Å²) in [6.45, 7) is 9.37. The fraction of sp³-hybridized carbons (Fsp3) is 0.769. The van der Waals surface area contributed by atoms with E-state index in [9.17, 15) is 0 Å². The average molecular weight is 283 g/mol. The maximum absolute atomic E-state index is 5.47. The Labute approximate surface area is 120 Å². The summed E-state index contributed by atoms with van der Waals surface area (Å²) in [4.78, 5) is 12.6. The monoisotopic (exact) mass is 283 g/mol. The van der Waals surface area contributed by atoms with Crippen molar-refractivity contribution >= 4 is 11.9 Å². The number of rotatable bonds is 11. The van der Waals surface area contributed by atoms with Crippen molar-refractivity contribution in [1.82, 2.24) is 15.0 Å². The van der Waals surface area contributed by atoms with Crippen LogP contribution < -0.4 is 15.4 Å². The Hall–Kier alpha value is -1.63. The van der Waals surface area contributed by atoms with Crippen molar-refractivity contribution in [2.75, 3.05) is 43.5 Å². The smallest absolute Gasteiger partial charge is 0.323 e. The van der Waals surface area contributed by atoms with Gasteiger partial charge in [0.1, 0.15) is 0 Å². The van der Waals surface area contributed by atoms with Crippen LogP contribution in [0.2, 0.25) is 0 Å². The van der Waals surface area contributed by atoms with Gasteiger partial charge in [0.15, 0.2) is 0 Å². The van der Waals surface area contributed by atoms with Gasteiger partial charge in [-0.15, -0.1) is 0 Å². The van der Waals surface area contributed by atoms with Crippen molar-refractivity contribution in [3.63, 3.8) is 0 Å². The third kappa shape index (κ3) is 6.51. The number of hydrogen-bond acceptors (Lipinski definition) is 7. The molecule has 7 heteroatoms. The van der Waals surface area contributed by atoms with Crippen LogP contribution in [0.3, 0.4) is 0 Å². The lowest BCUT2D eigenvalue weighted by atomic mass is 10.4. The molecule has 114 valence electrons. The third-order valence-electron chi connectivity index (χ3n) is 2.39. The topological polar surface area (TPSA) is 81.2 Å². The summed E-state index contributed by atoms with van der Waals surface area (Å²) >= 11 is 0. The van der Waals surface area contributed by atoms with Gasteiger partial charge in [0.2, 0.25) is 11.9 Å². The van der Waals surface area contributed by atoms with Gasteiger partial charge in [0.05, 0.1) is 13.2 Å². The molecule has 0 saturated heterocycles. The first-order valence-electron chi connectivity index (χ1n) is 7.24. The van der Waals surface area contributed by atoms with Crippen LogP contribution in [-0.4, -0.2) is 47.9 Å². The van der Waals surface area contributed by atoms with Crippen molar-refractivity contribution in [1.29, 1.82) is 0 Å². The Morgan fingerprint density at radius 1 is 0.950 bits per heavy atom. The molecule has 1 aromatic heterocycles. The second-order valence-corrected chi connectivity index (χ2v) is 4.12. The number of nitrogens with zero attached hydrogens (tertiary/aromatic N) is 3. The SMILES string of the molecule is CCCCOCCNc1nc(NCC)nc(OCC)n1. The van der Waals surface area contributed by atoms with E-state index < -0.39 is 0 Å². The Morgan fingerprint density at radius 2 is 1.70 bits per heavy atom. The molecular weight excluding hydrogens is 258 g/mol. The molecule has 20 heavy (non-hydrogen) atoms. The van der Waals surface area contributed by atoms with Crippen molar-refractivity contribution in [2.24, 2.45) is 0 Å². The highest BCUT2D eigenvalue weighted by atomic mass is 16.5. The molecule has 1 aromatic rings. The van der Waals surface area contributed by atoms with E-state index in [0.29, 0.717) is 37.7 Å². The van der Waals surface area contributed by atoms with E-state index in [1.165, 1.54) is 0 Å². The van der Waals surface area contributed by atoms with E-state index in [4.69, 9.17) is 9.47 Å². The van der Waals surface area contributed by atoms with Crippen LogP contribution in [0.15, 0.2) is 0 Å². The molecule has 0 aliphatic carbocycles. The summed E-state index contributed by atoms with van der Waals surface area (Å²) in [6, 6.07) is 0.327. The molecule has 0 amide bonds. The molecule has 0 aliphatic rings. The molecule has 0 fully saturated rings. The first kappa shape index (κ1) is 16.4. The predicted molar refractivity (Wildman–Crippen MR) is 79.4 cm³/mol. The fourth-order valence-electron chi connectivity index (χ4n) is 1.45. The standard InChI is InChI=1S/C13H25N5O2/c1-4-7-9-19-10-8-15-12-16-11(14-5-2)17-13(18-12)20-6-3/h4-10H2,1-3H3,(H2,14,15,16,17,18).